The third kappa shape index (κ3) is 5.06. The van der Waals surface area contributed by atoms with Gasteiger partial charge in [-0.05, 0) is 68.0 Å². The van der Waals surface area contributed by atoms with Crippen molar-refractivity contribution in [3.05, 3.63) is 54.5 Å². The minimum absolute atomic E-state index is 0.0325. The number of nitrogens with two attached hydrogens (primary N) is 1. The molecule has 32 heavy (non-hydrogen) atoms. The molecule has 0 unspecified atom stereocenters. The summed E-state index contributed by atoms with van der Waals surface area (Å²) in [5.74, 6) is 7.13. The second-order valence-corrected chi connectivity index (χ2v) is 10.1. The van der Waals surface area contributed by atoms with Crippen molar-refractivity contribution in [2.75, 3.05) is 11.6 Å². The van der Waals surface area contributed by atoms with Crippen LogP contribution in [0.2, 0.25) is 0 Å². The SMILES string of the molecule is CS(=O)(=O)c1ccc(Nc2cc3c(C#CC4CCC(C(N)=O)CC4)nccc3cn2)cc1. The van der Waals surface area contributed by atoms with E-state index >= 15 is 0 Å². The molecule has 0 atom stereocenters. The zero-order valence-electron chi connectivity index (χ0n) is 17.7. The zero-order valence-corrected chi connectivity index (χ0v) is 18.5. The maximum Gasteiger partial charge on any atom is 0.220 e. The first-order chi connectivity index (χ1) is 15.3. The van der Waals surface area contributed by atoms with E-state index in [2.05, 4.69) is 27.1 Å². The van der Waals surface area contributed by atoms with Crippen molar-refractivity contribution in [3.63, 3.8) is 0 Å². The molecule has 164 valence electrons. The fourth-order valence-electron chi connectivity index (χ4n) is 3.86. The van der Waals surface area contributed by atoms with Crippen LogP contribution in [0.15, 0.2) is 53.7 Å². The van der Waals surface area contributed by atoms with Gasteiger partial charge in [0.25, 0.3) is 0 Å². The Morgan fingerprint density at radius 1 is 1.09 bits per heavy atom. The van der Waals surface area contributed by atoms with Gasteiger partial charge in [-0.3, -0.25) is 4.79 Å². The first kappa shape index (κ1) is 21.8. The molecule has 0 aliphatic heterocycles. The van der Waals surface area contributed by atoms with E-state index in [-0.39, 0.29) is 22.6 Å². The van der Waals surface area contributed by atoms with Crippen molar-refractivity contribution >= 4 is 38.0 Å². The lowest BCUT2D eigenvalue weighted by atomic mass is 9.82. The van der Waals surface area contributed by atoms with E-state index in [0.29, 0.717) is 11.5 Å². The van der Waals surface area contributed by atoms with E-state index in [4.69, 9.17) is 5.73 Å². The number of carbonyl (C=O) groups is 1. The normalized spacial score (nSPS) is 18.5. The lowest BCUT2D eigenvalue weighted by molar-refractivity contribution is -0.122. The van der Waals surface area contributed by atoms with Gasteiger partial charge in [0.1, 0.15) is 11.5 Å². The summed E-state index contributed by atoms with van der Waals surface area (Å²) in [6.45, 7) is 0. The van der Waals surface area contributed by atoms with E-state index < -0.39 is 9.84 Å². The van der Waals surface area contributed by atoms with Crippen LogP contribution in [0.5, 0.6) is 0 Å². The molecule has 7 nitrogen and oxygen atoms in total. The average Bonchev–Trinajstić information content (AvgIpc) is 2.77. The maximum atomic E-state index is 11.6. The van der Waals surface area contributed by atoms with Crippen molar-refractivity contribution in [3.8, 4) is 11.8 Å². The summed E-state index contributed by atoms with van der Waals surface area (Å²) in [4.78, 5) is 20.5. The number of primary amides is 1. The molecule has 1 saturated carbocycles. The molecule has 1 aromatic carbocycles. The number of aromatic nitrogens is 2. The Bertz CT molecular complexity index is 1320. The molecule has 0 radical (unpaired) electrons. The quantitative estimate of drug-likeness (QED) is 0.591. The van der Waals surface area contributed by atoms with Gasteiger partial charge in [-0.2, -0.15) is 0 Å². The predicted octanol–water partition coefficient (Wildman–Crippen LogP) is 3.42. The fourth-order valence-corrected chi connectivity index (χ4v) is 4.49. The molecule has 0 saturated heterocycles. The largest absolute Gasteiger partial charge is 0.369 e. The Hall–Kier alpha value is -3.44. The zero-order chi connectivity index (χ0) is 22.7. The number of anilines is 2. The molecule has 3 aromatic rings. The van der Waals surface area contributed by atoms with Gasteiger partial charge in [0, 0.05) is 46.9 Å². The molecular weight excluding hydrogens is 424 g/mol. The lowest BCUT2D eigenvalue weighted by Crippen LogP contribution is -2.27. The second kappa shape index (κ2) is 8.97. The number of nitrogens with one attached hydrogen (secondary N) is 1. The van der Waals surface area contributed by atoms with Gasteiger partial charge in [-0.1, -0.05) is 5.92 Å². The molecule has 1 aliphatic carbocycles. The van der Waals surface area contributed by atoms with Crippen LogP contribution in [0.25, 0.3) is 10.8 Å². The number of amides is 1. The highest BCUT2D eigenvalue weighted by Gasteiger charge is 2.23. The number of rotatable bonds is 4. The third-order valence-corrected chi connectivity index (χ3v) is 6.86. The van der Waals surface area contributed by atoms with Crippen molar-refractivity contribution < 1.29 is 13.2 Å². The van der Waals surface area contributed by atoms with Gasteiger partial charge in [0.2, 0.25) is 5.91 Å². The molecule has 1 aliphatic rings. The first-order valence-corrected chi connectivity index (χ1v) is 12.3. The van der Waals surface area contributed by atoms with Crippen molar-refractivity contribution in [1.29, 1.82) is 0 Å². The molecule has 2 heterocycles. The highest BCUT2D eigenvalue weighted by molar-refractivity contribution is 7.90. The summed E-state index contributed by atoms with van der Waals surface area (Å²) in [5.41, 5.74) is 6.82. The van der Waals surface area contributed by atoms with E-state index in [0.717, 1.165) is 42.1 Å². The Labute approximate surface area is 187 Å². The van der Waals surface area contributed by atoms with Crippen LogP contribution in [0.3, 0.4) is 0 Å². The predicted molar refractivity (Wildman–Crippen MR) is 124 cm³/mol. The monoisotopic (exact) mass is 448 g/mol. The smallest absolute Gasteiger partial charge is 0.220 e. The number of hydrogen-bond donors (Lipinski definition) is 2. The summed E-state index contributed by atoms with van der Waals surface area (Å²) in [6.07, 6.45) is 7.95. The van der Waals surface area contributed by atoms with Gasteiger partial charge in [0.15, 0.2) is 9.84 Å². The molecule has 8 heteroatoms. The van der Waals surface area contributed by atoms with E-state index in [1.54, 1.807) is 36.7 Å². The molecule has 1 fully saturated rings. The maximum absolute atomic E-state index is 11.6. The number of fused-ring (bicyclic) bond motifs is 1. The second-order valence-electron chi connectivity index (χ2n) is 8.09. The van der Waals surface area contributed by atoms with Gasteiger partial charge in [-0.15, -0.1) is 0 Å². The molecular formula is C24H24N4O3S. The average molecular weight is 449 g/mol. The van der Waals surface area contributed by atoms with E-state index in [1.807, 2.05) is 12.1 Å². The van der Waals surface area contributed by atoms with Crippen LogP contribution in [0.4, 0.5) is 11.5 Å². The topological polar surface area (TPSA) is 115 Å². The number of nitrogens with zero attached hydrogens (tertiary/aromatic N) is 2. The molecule has 3 N–H and O–H groups in total. The molecule has 2 aromatic heterocycles. The van der Waals surface area contributed by atoms with Gasteiger partial charge in [-0.25, -0.2) is 18.4 Å². The van der Waals surface area contributed by atoms with Crippen LogP contribution in [-0.4, -0.2) is 30.5 Å². The molecule has 4 rings (SSSR count). The van der Waals surface area contributed by atoms with Crippen LogP contribution in [-0.2, 0) is 14.6 Å². The highest BCUT2D eigenvalue weighted by Crippen LogP contribution is 2.28. The van der Waals surface area contributed by atoms with Crippen LogP contribution < -0.4 is 11.1 Å². The third-order valence-electron chi connectivity index (χ3n) is 5.73. The van der Waals surface area contributed by atoms with Gasteiger partial charge >= 0.3 is 0 Å². The first-order valence-electron chi connectivity index (χ1n) is 10.4. The summed E-state index contributed by atoms with van der Waals surface area (Å²) in [6, 6.07) is 10.3. The Balaban J connectivity index is 1.54. The summed E-state index contributed by atoms with van der Waals surface area (Å²) in [5, 5.41) is 5.01. The number of hydrogen-bond acceptors (Lipinski definition) is 6. The minimum atomic E-state index is -3.24. The van der Waals surface area contributed by atoms with Crippen LogP contribution in [0.1, 0.15) is 31.4 Å². The number of benzene rings is 1. The lowest BCUT2D eigenvalue weighted by Gasteiger charge is -2.22. The summed E-state index contributed by atoms with van der Waals surface area (Å²) < 4.78 is 23.3. The van der Waals surface area contributed by atoms with Crippen molar-refractivity contribution in [2.45, 2.75) is 30.6 Å². The van der Waals surface area contributed by atoms with Crippen molar-refractivity contribution in [2.24, 2.45) is 17.6 Å². The summed E-state index contributed by atoms with van der Waals surface area (Å²) in [7, 11) is -3.24. The van der Waals surface area contributed by atoms with Gasteiger partial charge < -0.3 is 11.1 Å². The van der Waals surface area contributed by atoms with Crippen molar-refractivity contribution in [1.82, 2.24) is 9.97 Å². The Morgan fingerprint density at radius 3 is 2.47 bits per heavy atom. The Kier molecular flexibility index (Phi) is 6.10. The standard InChI is InChI=1S/C24H24N4O3S/c1-32(30,31)20-9-7-19(8-10-20)28-23-14-21-18(15-27-23)12-13-26-22(21)11-4-16-2-5-17(6-3-16)24(25)29/h7-10,12-17H,2-3,5-6H2,1H3,(H2,25,29)(H,27,28). The highest BCUT2D eigenvalue weighted by atomic mass is 32.2. The molecule has 1 amide bonds. The fraction of sp³-hybridized carbons (Fsp3) is 0.292. The van der Waals surface area contributed by atoms with Gasteiger partial charge in [0.05, 0.1) is 4.90 Å². The molecule has 0 bridgehead atoms. The number of sulfone groups is 1. The Morgan fingerprint density at radius 2 is 1.81 bits per heavy atom. The minimum Gasteiger partial charge on any atom is -0.369 e. The van der Waals surface area contributed by atoms with Crippen LogP contribution >= 0.6 is 0 Å². The number of carbonyl (C=O) groups excluding carboxylic acids is 1. The summed E-state index contributed by atoms with van der Waals surface area (Å²) >= 11 is 0. The van der Waals surface area contributed by atoms with E-state index in [1.165, 1.54) is 6.26 Å². The van der Waals surface area contributed by atoms with Crippen LogP contribution in [0, 0.1) is 23.7 Å². The number of pyridine rings is 2. The van der Waals surface area contributed by atoms with E-state index in [9.17, 15) is 13.2 Å². The molecule has 0 spiro atoms.